The van der Waals surface area contributed by atoms with Gasteiger partial charge in [0.25, 0.3) is 0 Å². The molecule has 1 unspecified atom stereocenters. The third-order valence-corrected chi connectivity index (χ3v) is 10.2. The summed E-state index contributed by atoms with van der Waals surface area (Å²) in [6, 6.07) is 29.0. The van der Waals surface area contributed by atoms with Crippen molar-refractivity contribution < 1.29 is 48.0 Å². The standard InChI is InChI=1S/C42H40N2O10/c1-3-23-52-38(46)33-35-39(47)54-36(28-16-8-5-9-17-28)34(27-14-6-4-7-15-27)44(35)37(29-18-10-13-21-32(29)51-24-22-45)42(33)30-19-11-12-20-31(30)43(40(42)48)41(49)53-26-25-50-2/h3-21,33-37,45H,1,22-26H2,2H3/t33?,34-,35-,36+,37+,42-/m1/s1. The van der Waals surface area contributed by atoms with Crippen LogP contribution in [-0.2, 0) is 38.7 Å². The Kier molecular flexibility index (Phi) is 10.6. The summed E-state index contributed by atoms with van der Waals surface area (Å²) < 4.78 is 28.9. The molecule has 0 radical (unpaired) electrons. The van der Waals surface area contributed by atoms with Crippen LogP contribution >= 0.6 is 0 Å². The fourth-order valence-corrected chi connectivity index (χ4v) is 8.28. The number of cyclic esters (lactones) is 1. The van der Waals surface area contributed by atoms with Crippen molar-refractivity contribution in [1.82, 2.24) is 4.90 Å². The van der Waals surface area contributed by atoms with Gasteiger partial charge in [-0.25, -0.2) is 9.69 Å². The van der Waals surface area contributed by atoms with E-state index < -0.39 is 59.5 Å². The Balaban J connectivity index is 1.57. The first kappa shape index (κ1) is 36.5. The SMILES string of the molecule is C=CCOC(=O)C1[C@@H]2C(=O)O[C@@H](c3ccccc3)[C@@H](c3ccccc3)N2[C@@H](c2ccccc2OCCO)[C@]12C(=O)N(C(=O)OCCOC)c1ccccc12. The van der Waals surface area contributed by atoms with Crippen LogP contribution in [0, 0.1) is 5.92 Å². The Labute approximate surface area is 312 Å². The number of rotatable bonds is 12. The van der Waals surface area contributed by atoms with Crippen LogP contribution in [0.4, 0.5) is 10.5 Å². The molecule has 0 aromatic heterocycles. The molecule has 4 aromatic rings. The average Bonchev–Trinajstić information content (AvgIpc) is 3.66. The third-order valence-electron chi connectivity index (χ3n) is 10.2. The Bertz CT molecular complexity index is 2020. The predicted octanol–water partition coefficient (Wildman–Crippen LogP) is 5.24. The summed E-state index contributed by atoms with van der Waals surface area (Å²) in [4.78, 5) is 62.1. The molecule has 0 aliphatic carbocycles. The van der Waals surface area contributed by atoms with Crippen LogP contribution in [-0.4, -0.2) is 80.1 Å². The molecule has 12 nitrogen and oxygen atoms in total. The number of fused-ring (bicyclic) bond motifs is 3. The maximum Gasteiger partial charge on any atom is 0.421 e. The van der Waals surface area contributed by atoms with Crippen molar-refractivity contribution in [1.29, 1.82) is 0 Å². The van der Waals surface area contributed by atoms with E-state index in [-0.39, 0.29) is 38.7 Å². The summed E-state index contributed by atoms with van der Waals surface area (Å²) in [5.41, 5.74) is 0.383. The Morgan fingerprint density at radius 2 is 1.50 bits per heavy atom. The van der Waals surface area contributed by atoms with Gasteiger partial charge < -0.3 is 28.8 Å². The molecule has 1 N–H and O–H groups in total. The van der Waals surface area contributed by atoms with Gasteiger partial charge in [0.05, 0.1) is 31.0 Å². The fraction of sp³-hybridized carbons (Fsp3) is 0.286. The molecule has 0 saturated carbocycles. The lowest BCUT2D eigenvalue weighted by Gasteiger charge is -2.46. The van der Waals surface area contributed by atoms with Crippen molar-refractivity contribution >= 4 is 29.6 Å². The van der Waals surface area contributed by atoms with Crippen LogP contribution in [0.2, 0.25) is 0 Å². The van der Waals surface area contributed by atoms with E-state index >= 15 is 4.79 Å². The second-order valence-electron chi connectivity index (χ2n) is 13.1. The summed E-state index contributed by atoms with van der Waals surface area (Å²) in [6.45, 7) is 3.05. The lowest BCUT2D eigenvalue weighted by Crippen LogP contribution is -2.53. The van der Waals surface area contributed by atoms with Gasteiger partial charge in [-0.1, -0.05) is 110 Å². The van der Waals surface area contributed by atoms with Gasteiger partial charge in [-0.05, 0) is 28.8 Å². The number of carbonyl (C=O) groups excluding carboxylic acids is 4. The van der Waals surface area contributed by atoms with Crippen molar-refractivity contribution in [2.75, 3.05) is 45.0 Å². The number of esters is 2. The Morgan fingerprint density at radius 1 is 0.833 bits per heavy atom. The van der Waals surface area contributed by atoms with Gasteiger partial charge in [0.1, 0.15) is 49.0 Å². The molecule has 2 saturated heterocycles. The number of hydrogen-bond donors (Lipinski definition) is 1. The largest absolute Gasteiger partial charge is 0.491 e. The van der Waals surface area contributed by atoms with Gasteiger partial charge in [0, 0.05) is 12.7 Å². The maximum atomic E-state index is 15.7. The summed E-state index contributed by atoms with van der Waals surface area (Å²) in [5.74, 6) is -3.64. The molecule has 12 heteroatoms. The number of aliphatic hydroxyl groups is 1. The minimum absolute atomic E-state index is 0.0791. The number of amides is 2. The van der Waals surface area contributed by atoms with Crippen molar-refractivity contribution in [2.24, 2.45) is 5.92 Å². The van der Waals surface area contributed by atoms with E-state index in [2.05, 4.69) is 6.58 Å². The van der Waals surface area contributed by atoms with Gasteiger partial charge in [-0.15, -0.1) is 0 Å². The summed E-state index contributed by atoms with van der Waals surface area (Å²) in [5, 5.41) is 9.83. The summed E-state index contributed by atoms with van der Waals surface area (Å²) in [7, 11) is 1.46. The van der Waals surface area contributed by atoms with E-state index in [1.165, 1.54) is 13.2 Å². The highest BCUT2D eigenvalue weighted by Gasteiger charge is 2.76. The zero-order valence-electron chi connectivity index (χ0n) is 29.6. The van der Waals surface area contributed by atoms with Crippen molar-refractivity contribution in [3.05, 3.63) is 144 Å². The van der Waals surface area contributed by atoms with Crippen LogP contribution in [0.1, 0.15) is 40.4 Å². The van der Waals surface area contributed by atoms with Crippen molar-refractivity contribution in [2.45, 2.75) is 29.6 Å². The number of ether oxygens (including phenoxy) is 5. The zero-order chi connectivity index (χ0) is 37.8. The third kappa shape index (κ3) is 6.02. The molecule has 0 bridgehead atoms. The number of imide groups is 1. The van der Waals surface area contributed by atoms with Crippen LogP contribution in [0.15, 0.2) is 122 Å². The smallest absolute Gasteiger partial charge is 0.421 e. The molecular formula is C42H40N2O10. The summed E-state index contributed by atoms with van der Waals surface area (Å²) >= 11 is 0. The molecule has 6 atom stereocenters. The normalized spacial score (nSPS) is 24.4. The quantitative estimate of drug-likeness (QED) is 0.0886. The van der Waals surface area contributed by atoms with Crippen molar-refractivity contribution in [3.63, 3.8) is 0 Å². The van der Waals surface area contributed by atoms with E-state index in [9.17, 15) is 19.5 Å². The number of aliphatic hydroxyl groups excluding tert-OH is 1. The highest BCUT2D eigenvalue weighted by Crippen LogP contribution is 2.66. The molecule has 7 rings (SSSR count). The number of hydrogen-bond acceptors (Lipinski definition) is 11. The van der Waals surface area contributed by atoms with Gasteiger partial charge in [-0.3, -0.25) is 19.3 Å². The molecule has 278 valence electrons. The van der Waals surface area contributed by atoms with E-state index in [1.807, 2.05) is 65.6 Å². The first-order valence-corrected chi connectivity index (χ1v) is 17.7. The Morgan fingerprint density at radius 3 is 2.20 bits per heavy atom. The van der Waals surface area contributed by atoms with E-state index in [0.717, 1.165) is 10.5 Å². The molecule has 4 aromatic carbocycles. The fourth-order valence-electron chi connectivity index (χ4n) is 8.28. The number of para-hydroxylation sites is 2. The molecule has 3 heterocycles. The molecule has 54 heavy (non-hydrogen) atoms. The number of nitrogens with zero attached hydrogens (tertiary/aromatic N) is 2. The molecule has 2 amide bonds. The zero-order valence-corrected chi connectivity index (χ0v) is 29.6. The average molecular weight is 733 g/mol. The highest BCUT2D eigenvalue weighted by atomic mass is 16.6. The number of morpholine rings is 1. The first-order valence-electron chi connectivity index (χ1n) is 17.7. The first-order chi connectivity index (χ1) is 26.4. The molecular weight excluding hydrogens is 692 g/mol. The van der Waals surface area contributed by atoms with Crippen molar-refractivity contribution in [3.8, 4) is 5.75 Å². The predicted molar refractivity (Wildman–Crippen MR) is 195 cm³/mol. The van der Waals surface area contributed by atoms with E-state index in [1.54, 1.807) is 48.5 Å². The van der Waals surface area contributed by atoms with E-state index in [0.29, 0.717) is 22.4 Å². The monoisotopic (exact) mass is 732 g/mol. The topological polar surface area (TPSA) is 141 Å². The number of carbonyl (C=O) groups is 4. The van der Waals surface area contributed by atoms with Gasteiger partial charge >= 0.3 is 18.0 Å². The second kappa shape index (κ2) is 15.7. The van der Waals surface area contributed by atoms with Crippen LogP contribution in [0.5, 0.6) is 5.75 Å². The minimum Gasteiger partial charge on any atom is -0.491 e. The van der Waals surface area contributed by atoms with E-state index in [4.69, 9.17) is 23.7 Å². The lowest BCUT2D eigenvalue weighted by atomic mass is 9.65. The van der Waals surface area contributed by atoms with Gasteiger partial charge in [0.15, 0.2) is 0 Å². The molecule has 1 spiro atoms. The molecule has 3 aliphatic heterocycles. The maximum absolute atomic E-state index is 15.7. The van der Waals surface area contributed by atoms with Crippen LogP contribution in [0.25, 0.3) is 0 Å². The van der Waals surface area contributed by atoms with Crippen LogP contribution in [0.3, 0.4) is 0 Å². The Hall–Kier alpha value is -5.82. The number of methoxy groups -OCH3 is 1. The molecule has 2 fully saturated rings. The highest BCUT2D eigenvalue weighted by molar-refractivity contribution is 6.23. The summed E-state index contributed by atoms with van der Waals surface area (Å²) in [6.07, 6.45) is -0.474. The second-order valence-corrected chi connectivity index (χ2v) is 13.1. The van der Waals surface area contributed by atoms with Gasteiger partial charge in [0.2, 0.25) is 5.91 Å². The van der Waals surface area contributed by atoms with Gasteiger partial charge in [-0.2, -0.15) is 0 Å². The number of benzene rings is 4. The minimum atomic E-state index is -1.99. The number of anilines is 1. The molecule has 3 aliphatic rings. The van der Waals surface area contributed by atoms with Crippen LogP contribution < -0.4 is 9.64 Å². The lowest BCUT2D eigenvalue weighted by molar-refractivity contribution is -0.180.